The number of nitrogens with zero attached hydrogens (tertiary/aromatic N) is 1. The molecule has 1 unspecified atom stereocenters. The molecule has 1 aliphatic heterocycles. The molecule has 1 atom stereocenters. The predicted octanol–water partition coefficient (Wildman–Crippen LogP) is 2.53. The average molecular weight is 267 g/mol. The highest BCUT2D eigenvalue weighted by atomic mass is 32.1. The van der Waals surface area contributed by atoms with Gasteiger partial charge in [-0.3, -0.25) is 9.59 Å². The van der Waals surface area contributed by atoms with Crippen LogP contribution in [0, 0.1) is 6.92 Å². The van der Waals surface area contributed by atoms with Crippen LogP contribution in [0.2, 0.25) is 0 Å². The maximum Gasteiger partial charge on any atom is 0.305 e. The summed E-state index contributed by atoms with van der Waals surface area (Å²) in [6.07, 6.45) is 2.82. The molecule has 1 aromatic rings. The van der Waals surface area contributed by atoms with Gasteiger partial charge in [0.05, 0.1) is 11.3 Å². The fourth-order valence-corrected chi connectivity index (χ4v) is 3.20. The zero-order valence-electron chi connectivity index (χ0n) is 10.4. The molecule has 2 heterocycles. The number of thiophene rings is 1. The van der Waals surface area contributed by atoms with Gasteiger partial charge in [-0.1, -0.05) is 0 Å². The normalized spacial score (nSPS) is 19.8. The summed E-state index contributed by atoms with van der Waals surface area (Å²) in [5.74, 6) is -0.846. The van der Waals surface area contributed by atoms with Crippen molar-refractivity contribution in [3.05, 3.63) is 21.9 Å². The first-order valence-corrected chi connectivity index (χ1v) is 6.99. The highest BCUT2D eigenvalue weighted by Gasteiger charge is 2.29. The molecule has 0 aromatic carbocycles. The summed E-state index contributed by atoms with van der Waals surface area (Å²) in [5.41, 5.74) is 0. The number of hydrogen-bond donors (Lipinski definition) is 1. The van der Waals surface area contributed by atoms with E-state index in [1.165, 1.54) is 11.3 Å². The lowest BCUT2D eigenvalue weighted by Gasteiger charge is -2.34. The Morgan fingerprint density at radius 2 is 2.22 bits per heavy atom. The summed E-state index contributed by atoms with van der Waals surface area (Å²) in [6.45, 7) is 2.64. The van der Waals surface area contributed by atoms with E-state index in [1.54, 1.807) is 4.90 Å². The third-order valence-electron chi connectivity index (χ3n) is 3.25. The lowest BCUT2D eigenvalue weighted by atomic mass is 9.99. The molecule has 4 nitrogen and oxygen atoms in total. The molecule has 1 fully saturated rings. The number of aliphatic carboxylic acids is 1. The van der Waals surface area contributed by atoms with Crippen LogP contribution < -0.4 is 0 Å². The van der Waals surface area contributed by atoms with Crippen LogP contribution in [0.25, 0.3) is 0 Å². The van der Waals surface area contributed by atoms with E-state index in [4.69, 9.17) is 5.11 Å². The van der Waals surface area contributed by atoms with Gasteiger partial charge in [-0.2, -0.15) is 0 Å². The first-order chi connectivity index (χ1) is 8.58. The third-order valence-corrected chi connectivity index (χ3v) is 4.24. The zero-order chi connectivity index (χ0) is 13.1. The third kappa shape index (κ3) is 2.90. The van der Waals surface area contributed by atoms with E-state index in [0.717, 1.165) is 24.1 Å². The summed E-state index contributed by atoms with van der Waals surface area (Å²) in [7, 11) is 0. The minimum atomic E-state index is -0.831. The van der Waals surface area contributed by atoms with Crippen LogP contribution in [0.15, 0.2) is 12.1 Å². The summed E-state index contributed by atoms with van der Waals surface area (Å²) >= 11 is 1.47. The molecule has 0 spiro atoms. The van der Waals surface area contributed by atoms with Gasteiger partial charge in [-0.15, -0.1) is 11.3 Å². The second kappa shape index (κ2) is 5.52. The highest BCUT2D eigenvalue weighted by Crippen LogP contribution is 2.24. The van der Waals surface area contributed by atoms with Crippen molar-refractivity contribution in [2.75, 3.05) is 6.54 Å². The molecule has 1 N–H and O–H groups in total. The summed E-state index contributed by atoms with van der Waals surface area (Å²) < 4.78 is 0. The monoisotopic (exact) mass is 267 g/mol. The van der Waals surface area contributed by atoms with Gasteiger partial charge in [-0.25, -0.2) is 0 Å². The lowest BCUT2D eigenvalue weighted by Crippen LogP contribution is -2.44. The molecule has 2 rings (SSSR count). The van der Waals surface area contributed by atoms with Crippen molar-refractivity contribution in [1.82, 2.24) is 4.90 Å². The van der Waals surface area contributed by atoms with Crippen molar-refractivity contribution in [3.63, 3.8) is 0 Å². The van der Waals surface area contributed by atoms with Crippen molar-refractivity contribution < 1.29 is 14.7 Å². The van der Waals surface area contributed by atoms with Crippen LogP contribution in [0.4, 0.5) is 0 Å². The van der Waals surface area contributed by atoms with Crippen LogP contribution in [0.3, 0.4) is 0 Å². The van der Waals surface area contributed by atoms with Crippen LogP contribution in [-0.4, -0.2) is 34.5 Å². The van der Waals surface area contributed by atoms with Crippen molar-refractivity contribution in [2.24, 2.45) is 0 Å². The summed E-state index contributed by atoms with van der Waals surface area (Å²) in [5, 5.41) is 8.90. The molecular weight excluding hydrogens is 250 g/mol. The fourth-order valence-electron chi connectivity index (χ4n) is 2.37. The number of carboxylic acids is 1. The predicted molar refractivity (Wildman–Crippen MR) is 70.0 cm³/mol. The number of amides is 1. The van der Waals surface area contributed by atoms with Gasteiger partial charge in [0.2, 0.25) is 0 Å². The van der Waals surface area contributed by atoms with Gasteiger partial charge >= 0.3 is 5.97 Å². The molecule has 1 aromatic heterocycles. The van der Waals surface area contributed by atoms with E-state index in [2.05, 4.69) is 0 Å². The molecule has 0 aliphatic carbocycles. The molecule has 1 saturated heterocycles. The quantitative estimate of drug-likeness (QED) is 0.915. The van der Waals surface area contributed by atoms with Crippen molar-refractivity contribution >= 4 is 23.2 Å². The minimum absolute atomic E-state index is 0.0148. The van der Waals surface area contributed by atoms with Gasteiger partial charge in [0.25, 0.3) is 5.91 Å². The van der Waals surface area contributed by atoms with E-state index in [-0.39, 0.29) is 18.4 Å². The van der Waals surface area contributed by atoms with Crippen molar-refractivity contribution in [2.45, 2.75) is 38.6 Å². The number of piperidine rings is 1. The SMILES string of the molecule is Cc1ccc(C(=O)N2CCCCC2CC(=O)O)s1. The molecule has 0 bridgehead atoms. The van der Waals surface area contributed by atoms with Crippen LogP contribution in [-0.2, 0) is 4.79 Å². The minimum Gasteiger partial charge on any atom is -0.481 e. The maximum atomic E-state index is 12.3. The smallest absolute Gasteiger partial charge is 0.305 e. The van der Waals surface area contributed by atoms with Gasteiger partial charge in [0.15, 0.2) is 0 Å². The summed E-state index contributed by atoms with van der Waals surface area (Å²) in [4.78, 5) is 26.7. The average Bonchev–Trinajstić information content (AvgIpc) is 2.75. The number of hydrogen-bond acceptors (Lipinski definition) is 3. The standard InChI is InChI=1S/C13H17NO3S/c1-9-5-6-11(18-9)13(17)14-7-3-2-4-10(14)8-12(15)16/h5-6,10H,2-4,7-8H2,1H3,(H,15,16). The number of carbonyl (C=O) groups excluding carboxylic acids is 1. The molecule has 98 valence electrons. The second-order valence-electron chi connectivity index (χ2n) is 4.66. The number of likely N-dealkylation sites (tertiary alicyclic amines) is 1. The molecule has 1 aliphatic rings. The number of carbonyl (C=O) groups is 2. The largest absolute Gasteiger partial charge is 0.481 e. The second-order valence-corrected chi connectivity index (χ2v) is 5.94. The maximum absolute atomic E-state index is 12.3. The van der Waals surface area contributed by atoms with E-state index < -0.39 is 5.97 Å². The number of rotatable bonds is 3. The van der Waals surface area contributed by atoms with Crippen LogP contribution >= 0.6 is 11.3 Å². The topological polar surface area (TPSA) is 57.6 Å². The van der Waals surface area contributed by atoms with Crippen LogP contribution in [0.5, 0.6) is 0 Å². The Bertz CT molecular complexity index is 455. The molecule has 5 heteroatoms. The molecule has 18 heavy (non-hydrogen) atoms. The molecular formula is C13H17NO3S. The molecule has 1 amide bonds. The molecule has 0 radical (unpaired) electrons. The number of aryl methyl sites for hydroxylation is 1. The lowest BCUT2D eigenvalue weighted by molar-refractivity contribution is -0.138. The Morgan fingerprint density at radius 1 is 1.44 bits per heavy atom. The van der Waals surface area contributed by atoms with Gasteiger partial charge in [-0.05, 0) is 38.3 Å². The van der Waals surface area contributed by atoms with E-state index in [0.29, 0.717) is 11.4 Å². The van der Waals surface area contributed by atoms with E-state index in [1.807, 2.05) is 19.1 Å². The Morgan fingerprint density at radius 3 is 2.83 bits per heavy atom. The van der Waals surface area contributed by atoms with Gasteiger partial charge < -0.3 is 10.0 Å². The van der Waals surface area contributed by atoms with Crippen molar-refractivity contribution in [1.29, 1.82) is 0 Å². The van der Waals surface area contributed by atoms with Crippen molar-refractivity contribution in [3.8, 4) is 0 Å². The van der Waals surface area contributed by atoms with Gasteiger partial charge in [0.1, 0.15) is 0 Å². The first-order valence-electron chi connectivity index (χ1n) is 6.17. The Kier molecular flexibility index (Phi) is 4.01. The number of carboxylic acid groups (broad SMARTS) is 1. The van der Waals surface area contributed by atoms with E-state index >= 15 is 0 Å². The molecule has 0 saturated carbocycles. The van der Waals surface area contributed by atoms with E-state index in [9.17, 15) is 9.59 Å². The Hall–Kier alpha value is -1.36. The zero-order valence-corrected chi connectivity index (χ0v) is 11.2. The van der Waals surface area contributed by atoms with Crippen LogP contribution in [0.1, 0.15) is 40.2 Å². The van der Waals surface area contributed by atoms with Gasteiger partial charge in [0, 0.05) is 17.5 Å². The summed E-state index contributed by atoms with van der Waals surface area (Å²) in [6, 6.07) is 3.61. The Balaban J connectivity index is 2.13. The first kappa shape index (κ1) is 13.1. The highest BCUT2D eigenvalue weighted by molar-refractivity contribution is 7.13. The Labute approximate surface area is 110 Å². The fraction of sp³-hybridized carbons (Fsp3) is 0.538.